The van der Waals surface area contributed by atoms with E-state index in [0.29, 0.717) is 18.4 Å². The normalized spacial score (nSPS) is 15.7. The van der Waals surface area contributed by atoms with Gasteiger partial charge in [0.05, 0.1) is 11.8 Å². The van der Waals surface area contributed by atoms with Gasteiger partial charge in [0.1, 0.15) is 11.3 Å². The fourth-order valence-electron chi connectivity index (χ4n) is 3.28. The van der Waals surface area contributed by atoms with Gasteiger partial charge in [-0.15, -0.1) is 10.2 Å². The number of hydrogen-bond donors (Lipinski definition) is 0. The smallest absolute Gasteiger partial charge is 0.387 e. The molecule has 1 aromatic heterocycles. The Kier molecular flexibility index (Phi) is 6.69. The average molecular weight is 422 g/mol. The summed E-state index contributed by atoms with van der Waals surface area (Å²) in [4.78, 5) is 14.1. The van der Waals surface area contributed by atoms with E-state index in [1.54, 1.807) is 7.05 Å². The van der Waals surface area contributed by atoms with Gasteiger partial charge in [0.15, 0.2) is 0 Å². The molecule has 1 amide bonds. The van der Waals surface area contributed by atoms with Gasteiger partial charge in [-0.1, -0.05) is 31.0 Å². The minimum absolute atomic E-state index is 0.0284. The zero-order valence-corrected chi connectivity index (χ0v) is 16.6. The number of amides is 1. The van der Waals surface area contributed by atoms with Gasteiger partial charge in [0.2, 0.25) is 11.8 Å². The maximum Gasteiger partial charge on any atom is 0.387 e. The number of thioether (sulfide) groups is 1. The molecule has 2 aromatic rings. The van der Waals surface area contributed by atoms with E-state index in [1.165, 1.54) is 29.2 Å². The highest BCUT2D eigenvalue weighted by Gasteiger charge is 2.38. The lowest BCUT2D eigenvalue weighted by atomic mass is 9.81. The minimum Gasteiger partial charge on any atom is -0.435 e. The Hall–Kier alpha value is -2.67. The first-order valence-corrected chi connectivity index (χ1v) is 10.1. The van der Waals surface area contributed by atoms with Gasteiger partial charge < -0.3 is 14.1 Å². The summed E-state index contributed by atoms with van der Waals surface area (Å²) in [5, 5.41) is 17.6. The van der Waals surface area contributed by atoms with Crippen molar-refractivity contribution in [1.29, 1.82) is 5.26 Å². The van der Waals surface area contributed by atoms with E-state index in [4.69, 9.17) is 4.42 Å². The maximum atomic E-state index is 12.6. The summed E-state index contributed by atoms with van der Waals surface area (Å²) >= 11 is 1.09. The summed E-state index contributed by atoms with van der Waals surface area (Å²) in [6, 6.07) is 8.13. The van der Waals surface area contributed by atoms with E-state index < -0.39 is 12.2 Å². The molecule has 7 nitrogen and oxygen atoms in total. The Balaban J connectivity index is 1.59. The van der Waals surface area contributed by atoms with Crippen molar-refractivity contribution < 1.29 is 22.7 Å². The van der Waals surface area contributed by atoms with Crippen LogP contribution in [0.3, 0.4) is 0 Å². The lowest BCUT2D eigenvalue weighted by Gasteiger charge is -2.38. The molecule has 154 valence electrons. The predicted molar refractivity (Wildman–Crippen MR) is 101 cm³/mol. The second-order valence-corrected chi connectivity index (χ2v) is 7.65. The van der Waals surface area contributed by atoms with Gasteiger partial charge in [-0.25, -0.2) is 0 Å². The molecule has 29 heavy (non-hydrogen) atoms. The van der Waals surface area contributed by atoms with Crippen molar-refractivity contribution in [3.8, 4) is 23.3 Å². The van der Waals surface area contributed by atoms with E-state index in [9.17, 15) is 18.8 Å². The molecule has 0 atom stereocenters. The standard InChI is InChI=1S/C19H20F2N4O3S/c1-25(19(12-22)9-3-2-4-10-19)15(26)11-29-18-24-23-16(28-18)13-5-7-14(8-6-13)27-17(20)21/h5-8,17H,2-4,9-11H2,1H3. The molecular formula is C19H20F2N4O3S. The number of hydrogen-bond acceptors (Lipinski definition) is 7. The number of rotatable bonds is 7. The minimum atomic E-state index is -2.89. The van der Waals surface area contributed by atoms with Crippen LogP contribution in [0.25, 0.3) is 11.5 Å². The monoisotopic (exact) mass is 422 g/mol. The summed E-state index contributed by atoms with van der Waals surface area (Å²) in [7, 11) is 1.67. The van der Waals surface area contributed by atoms with Gasteiger partial charge in [-0.05, 0) is 37.1 Å². The summed E-state index contributed by atoms with van der Waals surface area (Å²) < 4.78 is 34.2. The predicted octanol–water partition coefficient (Wildman–Crippen LogP) is 4.11. The van der Waals surface area contributed by atoms with Crippen LogP contribution in [0.1, 0.15) is 32.1 Å². The average Bonchev–Trinajstić information content (AvgIpc) is 3.21. The molecular weight excluding hydrogens is 402 g/mol. The zero-order chi connectivity index (χ0) is 20.9. The molecule has 0 unspecified atom stereocenters. The van der Waals surface area contributed by atoms with Gasteiger partial charge in [0.25, 0.3) is 5.22 Å². The van der Waals surface area contributed by atoms with Gasteiger partial charge in [-0.3, -0.25) is 4.79 Å². The molecule has 1 fully saturated rings. The summed E-state index contributed by atoms with van der Waals surface area (Å²) in [5.41, 5.74) is -0.196. The molecule has 10 heteroatoms. The largest absolute Gasteiger partial charge is 0.435 e. The topological polar surface area (TPSA) is 92.2 Å². The number of nitrogens with zero attached hydrogens (tertiary/aromatic N) is 4. The number of alkyl halides is 2. The highest BCUT2D eigenvalue weighted by Crippen LogP contribution is 2.33. The number of carbonyl (C=O) groups excluding carboxylic acids is 1. The molecule has 1 saturated carbocycles. The second kappa shape index (κ2) is 9.22. The second-order valence-electron chi connectivity index (χ2n) is 6.72. The van der Waals surface area contributed by atoms with E-state index in [-0.39, 0.29) is 28.5 Å². The van der Waals surface area contributed by atoms with Crippen LogP contribution in [0.15, 0.2) is 33.9 Å². The van der Waals surface area contributed by atoms with Crippen molar-refractivity contribution in [3.05, 3.63) is 24.3 Å². The zero-order valence-electron chi connectivity index (χ0n) is 15.8. The van der Waals surface area contributed by atoms with Crippen molar-refractivity contribution >= 4 is 17.7 Å². The molecule has 0 saturated heterocycles. The first-order valence-electron chi connectivity index (χ1n) is 9.13. The number of nitriles is 1. The number of ether oxygens (including phenoxy) is 1. The van der Waals surface area contributed by atoms with Crippen LogP contribution in [0.5, 0.6) is 5.75 Å². The van der Waals surface area contributed by atoms with Gasteiger partial charge in [-0.2, -0.15) is 14.0 Å². The molecule has 3 rings (SSSR count). The summed E-state index contributed by atoms with van der Waals surface area (Å²) in [6.07, 6.45) is 4.33. The van der Waals surface area contributed by atoms with Crippen molar-refractivity contribution in [2.75, 3.05) is 12.8 Å². The third-order valence-corrected chi connectivity index (χ3v) is 5.76. The summed E-state index contributed by atoms with van der Waals surface area (Å²) in [6.45, 7) is -2.89. The van der Waals surface area contributed by atoms with Gasteiger partial charge >= 0.3 is 6.61 Å². The molecule has 0 N–H and O–H groups in total. The van der Waals surface area contributed by atoms with Crippen LogP contribution in [0.2, 0.25) is 0 Å². The molecule has 0 aliphatic heterocycles. The Morgan fingerprint density at radius 3 is 2.62 bits per heavy atom. The molecule has 0 bridgehead atoms. The first kappa shape index (κ1) is 21.0. The van der Waals surface area contributed by atoms with Crippen LogP contribution in [-0.4, -0.2) is 46.0 Å². The quantitative estimate of drug-likeness (QED) is 0.620. The summed E-state index contributed by atoms with van der Waals surface area (Å²) in [5.74, 6) is 0.132. The molecule has 0 spiro atoms. The molecule has 1 aliphatic carbocycles. The van der Waals surface area contributed by atoms with E-state index in [2.05, 4.69) is 21.0 Å². The van der Waals surface area contributed by atoms with E-state index in [0.717, 1.165) is 31.0 Å². The lowest BCUT2D eigenvalue weighted by molar-refractivity contribution is -0.131. The van der Waals surface area contributed by atoms with Crippen molar-refractivity contribution in [2.24, 2.45) is 0 Å². The Morgan fingerprint density at radius 1 is 1.31 bits per heavy atom. The Labute approximate surface area is 171 Å². The number of aromatic nitrogens is 2. The number of benzene rings is 1. The molecule has 1 aliphatic rings. The van der Waals surface area contributed by atoms with E-state index in [1.807, 2.05) is 0 Å². The van der Waals surface area contributed by atoms with Crippen LogP contribution >= 0.6 is 11.8 Å². The Bertz CT molecular complexity index is 876. The number of halogens is 2. The van der Waals surface area contributed by atoms with Crippen molar-refractivity contribution in [1.82, 2.24) is 15.1 Å². The first-order chi connectivity index (χ1) is 13.9. The SMILES string of the molecule is CN(C(=O)CSc1nnc(-c2ccc(OC(F)F)cc2)o1)C1(C#N)CCCCC1. The van der Waals surface area contributed by atoms with Crippen LogP contribution in [0, 0.1) is 11.3 Å². The third kappa shape index (κ3) is 5.03. The lowest BCUT2D eigenvalue weighted by Crippen LogP contribution is -2.50. The number of carbonyl (C=O) groups is 1. The highest BCUT2D eigenvalue weighted by molar-refractivity contribution is 7.99. The van der Waals surface area contributed by atoms with Crippen LogP contribution < -0.4 is 4.74 Å². The molecule has 0 radical (unpaired) electrons. The van der Waals surface area contributed by atoms with Crippen molar-refractivity contribution in [2.45, 2.75) is 49.5 Å². The third-order valence-electron chi connectivity index (χ3n) is 4.96. The Morgan fingerprint density at radius 2 is 2.00 bits per heavy atom. The van der Waals surface area contributed by atoms with Crippen molar-refractivity contribution in [3.63, 3.8) is 0 Å². The highest BCUT2D eigenvalue weighted by atomic mass is 32.2. The maximum absolute atomic E-state index is 12.6. The fraction of sp³-hybridized carbons (Fsp3) is 0.474. The molecule has 1 heterocycles. The van der Waals surface area contributed by atoms with Crippen LogP contribution in [0.4, 0.5) is 8.78 Å². The van der Waals surface area contributed by atoms with E-state index >= 15 is 0 Å². The van der Waals surface area contributed by atoms with Crippen LogP contribution in [-0.2, 0) is 4.79 Å². The van der Waals surface area contributed by atoms with Gasteiger partial charge in [0, 0.05) is 12.6 Å². The molecule has 1 aromatic carbocycles. The fourth-order valence-corrected chi connectivity index (χ4v) is 3.96.